The first-order chi connectivity index (χ1) is 15.7. The summed E-state index contributed by atoms with van der Waals surface area (Å²) in [6.07, 6.45) is 12.5. The predicted octanol–water partition coefficient (Wildman–Crippen LogP) is 4.23. The fourth-order valence-corrected chi connectivity index (χ4v) is 5.37. The molecular formula is C27H39N3O2. The molecule has 0 amide bonds. The molecule has 0 radical (unpaired) electrons. The van der Waals surface area contributed by atoms with Crippen LogP contribution < -0.4 is 9.47 Å². The van der Waals surface area contributed by atoms with Crippen LogP contribution in [0.1, 0.15) is 42.4 Å². The molecule has 0 saturated carbocycles. The van der Waals surface area contributed by atoms with E-state index in [1.165, 1.54) is 68.6 Å². The number of rotatable bonds is 8. The fourth-order valence-electron chi connectivity index (χ4n) is 5.37. The molecule has 32 heavy (non-hydrogen) atoms. The first-order valence-corrected chi connectivity index (χ1v) is 12.3. The number of aryl methyl sites for hydroxylation is 1. The van der Waals surface area contributed by atoms with Crippen LogP contribution in [-0.4, -0.2) is 68.3 Å². The molecule has 0 spiro atoms. The molecule has 2 aliphatic heterocycles. The Bertz CT molecular complexity index is 807. The zero-order valence-corrected chi connectivity index (χ0v) is 19.9. The molecular weight excluding hydrogens is 398 g/mol. The number of hydrogen-bond donors (Lipinski definition) is 0. The zero-order chi connectivity index (χ0) is 22.2. The number of nitrogens with zero attached hydrogens (tertiary/aromatic N) is 3. The van der Waals surface area contributed by atoms with Gasteiger partial charge in [-0.25, -0.2) is 0 Å². The van der Waals surface area contributed by atoms with Gasteiger partial charge in [-0.1, -0.05) is 12.5 Å². The Balaban J connectivity index is 1.29. The highest BCUT2D eigenvalue weighted by Crippen LogP contribution is 2.32. The lowest BCUT2D eigenvalue weighted by Crippen LogP contribution is -2.37. The SMILES string of the molecule is COc1cc2c(cc1OC)CCN(CC1CCCCN(CCCc3cccnc3)C1)CC2. The van der Waals surface area contributed by atoms with E-state index in [4.69, 9.17) is 9.47 Å². The van der Waals surface area contributed by atoms with Gasteiger partial charge in [0.2, 0.25) is 0 Å². The summed E-state index contributed by atoms with van der Waals surface area (Å²) in [5.74, 6) is 2.48. The maximum absolute atomic E-state index is 5.53. The summed E-state index contributed by atoms with van der Waals surface area (Å²) in [5.41, 5.74) is 4.20. The van der Waals surface area contributed by atoms with E-state index in [1.54, 1.807) is 14.2 Å². The van der Waals surface area contributed by atoms with E-state index < -0.39 is 0 Å². The maximum atomic E-state index is 5.53. The minimum absolute atomic E-state index is 0.779. The van der Waals surface area contributed by atoms with Crippen molar-refractivity contribution in [3.8, 4) is 11.5 Å². The van der Waals surface area contributed by atoms with Crippen LogP contribution in [0, 0.1) is 5.92 Å². The van der Waals surface area contributed by atoms with Gasteiger partial charge in [0.05, 0.1) is 14.2 Å². The average Bonchev–Trinajstić information content (AvgIpc) is 3.17. The summed E-state index contributed by atoms with van der Waals surface area (Å²) in [4.78, 5) is 9.67. The Morgan fingerprint density at radius 1 is 0.969 bits per heavy atom. The lowest BCUT2D eigenvalue weighted by Gasteiger charge is -2.29. The highest BCUT2D eigenvalue weighted by molar-refractivity contribution is 5.48. The van der Waals surface area contributed by atoms with Gasteiger partial charge in [0.15, 0.2) is 11.5 Å². The van der Waals surface area contributed by atoms with Crippen molar-refractivity contribution < 1.29 is 9.47 Å². The van der Waals surface area contributed by atoms with Crippen molar-refractivity contribution in [2.24, 2.45) is 5.92 Å². The lowest BCUT2D eigenvalue weighted by atomic mass is 10.0. The minimum Gasteiger partial charge on any atom is -0.493 e. The van der Waals surface area contributed by atoms with Gasteiger partial charge in [0.25, 0.3) is 0 Å². The Labute approximate surface area is 193 Å². The smallest absolute Gasteiger partial charge is 0.161 e. The Morgan fingerprint density at radius 2 is 1.72 bits per heavy atom. The number of likely N-dealkylation sites (tertiary alicyclic amines) is 1. The first-order valence-electron chi connectivity index (χ1n) is 12.3. The predicted molar refractivity (Wildman–Crippen MR) is 130 cm³/mol. The lowest BCUT2D eigenvalue weighted by molar-refractivity contribution is 0.187. The maximum Gasteiger partial charge on any atom is 0.161 e. The summed E-state index contributed by atoms with van der Waals surface area (Å²) in [6, 6.07) is 8.62. The van der Waals surface area contributed by atoms with E-state index in [1.807, 2.05) is 18.5 Å². The average molecular weight is 438 g/mol. The van der Waals surface area contributed by atoms with Crippen LogP contribution in [0.4, 0.5) is 0 Å². The minimum atomic E-state index is 0.779. The number of fused-ring (bicyclic) bond motifs is 1. The number of methoxy groups -OCH3 is 2. The van der Waals surface area contributed by atoms with Crippen LogP contribution in [0.2, 0.25) is 0 Å². The molecule has 2 aromatic rings. The highest BCUT2D eigenvalue weighted by Gasteiger charge is 2.23. The van der Waals surface area contributed by atoms with Crippen LogP contribution >= 0.6 is 0 Å². The Kier molecular flexibility index (Phi) is 8.41. The molecule has 1 fully saturated rings. The summed E-state index contributed by atoms with van der Waals surface area (Å²) in [5, 5.41) is 0. The van der Waals surface area contributed by atoms with Gasteiger partial charge in [0, 0.05) is 38.6 Å². The van der Waals surface area contributed by atoms with Crippen molar-refractivity contribution in [1.29, 1.82) is 0 Å². The third kappa shape index (κ3) is 6.23. The van der Waals surface area contributed by atoms with Crippen LogP contribution in [0.15, 0.2) is 36.7 Å². The van der Waals surface area contributed by atoms with Crippen LogP contribution in [0.3, 0.4) is 0 Å². The van der Waals surface area contributed by atoms with Crippen molar-refractivity contribution in [2.45, 2.75) is 44.9 Å². The zero-order valence-electron chi connectivity index (χ0n) is 19.9. The van der Waals surface area contributed by atoms with Gasteiger partial charge in [-0.2, -0.15) is 0 Å². The molecule has 1 saturated heterocycles. The molecule has 1 atom stereocenters. The molecule has 0 bridgehead atoms. The summed E-state index contributed by atoms with van der Waals surface area (Å²) in [6.45, 7) is 7.21. The monoisotopic (exact) mass is 437 g/mol. The van der Waals surface area contributed by atoms with Gasteiger partial charge in [-0.15, -0.1) is 0 Å². The van der Waals surface area contributed by atoms with Gasteiger partial charge < -0.3 is 19.3 Å². The molecule has 5 heteroatoms. The third-order valence-electron chi connectivity index (χ3n) is 7.13. The molecule has 0 aliphatic carbocycles. The van der Waals surface area contributed by atoms with Gasteiger partial charge in [-0.3, -0.25) is 4.98 Å². The summed E-state index contributed by atoms with van der Waals surface area (Å²) >= 11 is 0. The van der Waals surface area contributed by atoms with Crippen LogP contribution in [0.5, 0.6) is 11.5 Å². The molecule has 174 valence electrons. The van der Waals surface area contributed by atoms with E-state index in [0.717, 1.165) is 49.8 Å². The normalized spacial score (nSPS) is 20.2. The van der Waals surface area contributed by atoms with Crippen LogP contribution in [-0.2, 0) is 19.3 Å². The van der Waals surface area contributed by atoms with Gasteiger partial charge in [0.1, 0.15) is 0 Å². The Hall–Kier alpha value is -2.11. The molecule has 5 nitrogen and oxygen atoms in total. The van der Waals surface area contributed by atoms with E-state index in [-0.39, 0.29) is 0 Å². The largest absolute Gasteiger partial charge is 0.493 e. The molecule has 0 N–H and O–H groups in total. The molecule has 2 aliphatic rings. The highest BCUT2D eigenvalue weighted by atomic mass is 16.5. The van der Waals surface area contributed by atoms with E-state index in [2.05, 4.69) is 33.0 Å². The Morgan fingerprint density at radius 3 is 2.38 bits per heavy atom. The summed E-state index contributed by atoms with van der Waals surface area (Å²) < 4.78 is 11.1. The topological polar surface area (TPSA) is 37.8 Å². The summed E-state index contributed by atoms with van der Waals surface area (Å²) in [7, 11) is 3.45. The van der Waals surface area contributed by atoms with Crippen molar-refractivity contribution >= 4 is 0 Å². The van der Waals surface area contributed by atoms with E-state index >= 15 is 0 Å². The van der Waals surface area contributed by atoms with E-state index in [9.17, 15) is 0 Å². The third-order valence-corrected chi connectivity index (χ3v) is 7.13. The van der Waals surface area contributed by atoms with Crippen molar-refractivity contribution in [3.63, 3.8) is 0 Å². The van der Waals surface area contributed by atoms with Crippen molar-refractivity contribution in [3.05, 3.63) is 53.3 Å². The van der Waals surface area contributed by atoms with E-state index in [0.29, 0.717) is 0 Å². The second kappa shape index (κ2) is 11.7. The molecule has 1 aromatic carbocycles. The quantitative estimate of drug-likeness (QED) is 0.618. The number of pyridine rings is 1. The van der Waals surface area contributed by atoms with Gasteiger partial charge >= 0.3 is 0 Å². The van der Waals surface area contributed by atoms with Crippen LogP contribution in [0.25, 0.3) is 0 Å². The first kappa shape index (κ1) is 23.1. The molecule has 3 heterocycles. The second-order valence-corrected chi connectivity index (χ2v) is 9.40. The number of aromatic nitrogens is 1. The number of benzene rings is 1. The second-order valence-electron chi connectivity index (χ2n) is 9.40. The van der Waals surface area contributed by atoms with Crippen molar-refractivity contribution in [2.75, 3.05) is 53.5 Å². The number of hydrogen-bond acceptors (Lipinski definition) is 5. The molecule has 4 rings (SSSR count). The van der Waals surface area contributed by atoms with Crippen molar-refractivity contribution in [1.82, 2.24) is 14.8 Å². The standard InChI is InChI=1S/C27H39N3O2/c1-31-26-17-24-10-15-30(16-11-25(24)18-27(26)32-2)21-23-7-3-4-13-29(20-23)14-6-9-22-8-5-12-28-19-22/h5,8,12,17-19,23H,3-4,6-7,9-11,13-16,20-21H2,1-2H3. The molecule has 1 aromatic heterocycles. The number of ether oxygens (including phenoxy) is 2. The molecule has 1 unspecified atom stereocenters. The fraction of sp³-hybridized carbons (Fsp3) is 0.593. The van der Waals surface area contributed by atoms with Gasteiger partial charge in [-0.05, 0) is 92.4 Å².